The molecule has 3 heteroatoms. The Kier molecular flexibility index (Phi) is 6.10. The molecule has 21 heavy (non-hydrogen) atoms. The van der Waals surface area contributed by atoms with E-state index in [9.17, 15) is 0 Å². The number of rotatable bonds is 6. The Hall–Kier alpha value is -0.120. The van der Waals surface area contributed by atoms with Crippen molar-refractivity contribution in [1.82, 2.24) is 4.90 Å². The molecule has 2 N–H and O–H groups in total. The number of ether oxygens (including phenoxy) is 1. The highest BCUT2D eigenvalue weighted by molar-refractivity contribution is 5.00. The Morgan fingerprint density at radius 1 is 1.19 bits per heavy atom. The van der Waals surface area contributed by atoms with Gasteiger partial charge >= 0.3 is 0 Å². The molecule has 1 aliphatic carbocycles. The molecule has 0 aromatic rings. The van der Waals surface area contributed by atoms with E-state index in [0.29, 0.717) is 17.9 Å². The van der Waals surface area contributed by atoms with Crippen molar-refractivity contribution in [2.24, 2.45) is 17.6 Å². The molecule has 2 rings (SSSR count). The van der Waals surface area contributed by atoms with Gasteiger partial charge in [-0.05, 0) is 37.5 Å². The second-order valence-corrected chi connectivity index (χ2v) is 8.02. The van der Waals surface area contributed by atoms with Crippen LogP contribution in [0.1, 0.15) is 66.2 Å². The second-order valence-electron chi connectivity index (χ2n) is 8.02. The molecule has 2 unspecified atom stereocenters. The summed E-state index contributed by atoms with van der Waals surface area (Å²) >= 11 is 0. The molecule has 0 aromatic carbocycles. The number of hydrogen-bond acceptors (Lipinski definition) is 3. The normalized spacial score (nSPS) is 31.7. The molecule has 0 amide bonds. The molecule has 1 heterocycles. The summed E-state index contributed by atoms with van der Waals surface area (Å²) in [4.78, 5) is 2.81. The average Bonchev–Trinajstić information content (AvgIpc) is 2.98. The fourth-order valence-corrected chi connectivity index (χ4v) is 4.27. The predicted octanol–water partition coefficient (Wildman–Crippen LogP) is 3.42. The van der Waals surface area contributed by atoms with Crippen molar-refractivity contribution >= 4 is 0 Å². The van der Waals surface area contributed by atoms with Gasteiger partial charge in [-0.1, -0.05) is 40.5 Å². The Morgan fingerprint density at radius 3 is 2.38 bits per heavy atom. The summed E-state index contributed by atoms with van der Waals surface area (Å²) in [7, 11) is 0. The van der Waals surface area contributed by atoms with Crippen LogP contribution >= 0.6 is 0 Å². The van der Waals surface area contributed by atoms with Crippen molar-refractivity contribution < 1.29 is 4.74 Å². The first-order chi connectivity index (χ1) is 9.98. The number of hydrogen-bond donors (Lipinski definition) is 1. The van der Waals surface area contributed by atoms with E-state index in [4.69, 9.17) is 10.5 Å². The molecule has 2 atom stereocenters. The summed E-state index contributed by atoms with van der Waals surface area (Å²) in [5, 5.41) is 0. The molecular formula is C18H36N2O. The monoisotopic (exact) mass is 296 g/mol. The van der Waals surface area contributed by atoms with Crippen LogP contribution in [0.4, 0.5) is 0 Å². The van der Waals surface area contributed by atoms with E-state index in [1.54, 1.807) is 0 Å². The van der Waals surface area contributed by atoms with E-state index < -0.39 is 0 Å². The van der Waals surface area contributed by atoms with Crippen molar-refractivity contribution in [2.45, 2.75) is 83.9 Å². The lowest BCUT2D eigenvalue weighted by molar-refractivity contribution is -0.101. The maximum Gasteiger partial charge on any atom is 0.0616 e. The van der Waals surface area contributed by atoms with Crippen LogP contribution in [0.15, 0.2) is 0 Å². The highest BCUT2D eigenvalue weighted by atomic mass is 16.5. The van der Waals surface area contributed by atoms with E-state index in [0.717, 1.165) is 32.0 Å². The van der Waals surface area contributed by atoms with Crippen LogP contribution in [0.25, 0.3) is 0 Å². The summed E-state index contributed by atoms with van der Waals surface area (Å²) in [5.74, 6) is 1.29. The van der Waals surface area contributed by atoms with E-state index in [1.807, 2.05) is 0 Å². The third kappa shape index (κ3) is 4.00. The van der Waals surface area contributed by atoms with Crippen LogP contribution in [0, 0.1) is 11.8 Å². The first-order valence-corrected chi connectivity index (χ1v) is 9.07. The van der Waals surface area contributed by atoms with E-state index in [-0.39, 0.29) is 5.54 Å². The van der Waals surface area contributed by atoms with Crippen LogP contribution in [0.3, 0.4) is 0 Å². The van der Waals surface area contributed by atoms with Crippen LogP contribution < -0.4 is 5.73 Å². The molecule has 1 aliphatic heterocycles. The van der Waals surface area contributed by atoms with Gasteiger partial charge in [-0.2, -0.15) is 0 Å². The lowest BCUT2D eigenvalue weighted by Crippen LogP contribution is -2.62. The topological polar surface area (TPSA) is 38.5 Å². The largest absolute Gasteiger partial charge is 0.378 e. The lowest BCUT2D eigenvalue weighted by atomic mass is 9.80. The van der Waals surface area contributed by atoms with Crippen molar-refractivity contribution in [2.75, 3.05) is 19.7 Å². The minimum atomic E-state index is 0.173. The first-order valence-electron chi connectivity index (χ1n) is 9.07. The standard InChI is InChI=1S/C18H36N2O/c1-14(2)12-20(16-7-5-6-8-16)18(13-19)9-10-21-17(11-18)15(3)4/h14-17H,5-13,19H2,1-4H3. The molecule has 0 aromatic heterocycles. The number of nitrogens with two attached hydrogens (primary N) is 1. The van der Waals surface area contributed by atoms with Gasteiger partial charge in [0.15, 0.2) is 0 Å². The van der Waals surface area contributed by atoms with Gasteiger partial charge in [0, 0.05) is 31.3 Å². The minimum Gasteiger partial charge on any atom is -0.378 e. The summed E-state index contributed by atoms with van der Waals surface area (Å²) in [6.07, 6.45) is 8.11. The first kappa shape index (κ1) is 17.2. The van der Waals surface area contributed by atoms with E-state index in [2.05, 4.69) is 32.6 Å². The summed E-state index contributed by atoms with van der Waals surface area (Å²) < 4.78 is 6.03. The van der Waals surface area contributed by atoms with Crippen molar-refractivity contribution in [1.29, 1.82) is 0 Å². The third-order valence-electron chi connectivity index (χ3n) is 5.54. The van der Waals surface area contributed by atoms with Crippen LogP contribution in [0.2, 0.25) is 0 Å². The molecule has 2 fully saturated rings. The van der Waals surface area contributed by atoms with E-state index in [1.165, 1.54) is 32.2 Å². The molecule has 0 radical (unpaired) electrons. The SMILES string of the molecule is CC(C)CN(C1CCCC1)C1(CN)CCOC(C(C)C)C1. The fraction of sp³-hybridized carbons (Fsp3) is 1.00. The minimum absolute atomic E-state index is 0.173. The average molecular weight is 296 g/mol. The van der Waals surface area contributed by atoms with Crippen molar-refractivity contribution in [3.8, 4) is 0 Å². The Morgan fingerprint density at radius 2 is 1.86 bits per heavy atom. The van der Waals surface area contributed by atoms with Crippen LogP contribution in [-0.4, -0.2) is 42.3 Å². The Labute approximate surface area is 131 Å². The molecule has 3 nitrogen and oxygen atoms in total. The highest BCUT2D eigenvalue weighted by Gasteiger charge is 2.44. The maximum absolute atomic E-state index is 6.35. The van der Waals surface area contributed by atoms with Gasteiger partial charge in [0.1, 0.15) is 0 Å². The fourth-order valence-electron chi connectivity index (χ4n) is 4.27. The van der Waals surface area contributed by atoms with Crippen LogP contribution in [-0.2, 0) is 4.74 Å². The van der Waals surface area contributed by atoms with Crippen LogP contribution in [0.5, 0.6) is 0 Å². The van der Waals surface area contributed by atoms with Crippen molar-refractivity contribution in [3.05, 3.63) is 0 Å². The van der Waals surface area contributed by atoms with Gasteiger partial charge in [0.25, 0.3) is 0 Å². The zero-order valence-electron chi connectivity index (χ0n) is 14.6. The molecule has 1 saturated carbocycles. The molecule has 1 saturated heterocycles. The molecular weight excluding hydrogens is 260 g/mol. The Balaban J connectivity index is 2.19. The number of nitrogens with zero attached hydrogens (tertiary/aromatic N) is 1. The highest BCUT2D eigenvalue weighted by Crippen LogP contribution is 2.38. The van der Waals surface area contributed by atoms with Gasteiger partial charge in [0.05, 0.1) is 6.10 Å². The zero-order valence-corrected chi connectivity index (χ0v) is 14.6. The summed E-state index contributed by atoms with van der Waals surface area (Å²) in [6.45, 7) is 12.1. The summed E-state index contributed by atoms with van der Waals surface area (Å²) in [6, 6.07) is 0.752. The van der Waals surface area contributed by atoms with Gasteiger partial charge in [-0.3, -0.25) is 4.90 Å². The van der Waals surface area contributed by atoms with Gasteiger partial charge in [0.2, 0.25) is 0 Å². The van der Waals surface area contributed by atoms with E-state index >= 15 is 0 Å². The summed E-state index contributed by atoms with van der Waals surface area (Å²) in [5.41, 5.74) is 6.52. The molecule has 124 valence electrons. The van der Waals surface area contributed by atoms with Gasteiger partial charge in [-0.25, -0.2) is 0 Å². The predicted molar refractivity (Wildman–Crippen MR) is 89.4 cm³/mol. The second kappa shape index (κ2) is 7.43. The third-order valence-corrected chi connectivity index (χ3v) is 5.54. The van der Waals surface area contributed by atoms with Crippen molar-refractivity contribution in [3.63, 3.8) is 0 Å². The van der Waals surface area contributed by atoms with Gasteiger partial charge in [-0.15, -0.1) is 0 Å². The zero-order chi connectivity index (χ0) is 15.5. The Bertz CT molecular complexity index is 312. The molecule has 0 bridgehead atoms. The maximum atomic E-state index is 6.35. The molecule has 2 aliphatic rings. The smallest absolute Gasteiger partial charge is 0.0616 e. The quantitative estimate of drug-likeness (QED) is 0.816. The lowest BCUT2D eigenvalue weighted by Gasteiger charge is -2.52. The van der Waals surface area contributed by atoms with Gasteiger partial charge < -0.3 is 10.5 Å². The molecule has 0 spiro atoms.